The molecule has 42 heavy (non-hydrogen) atoms. The SMILES string of the molecule is CC1=[C-]C(C)C(C)=C1C.C[Si](C)(C)c1ccc([SiH]c2ccc([Si](C)(C)C)cc2)cc1.Cc1c[c-]cc(C)c1.Cl.Cl.Cl.[Ti+2]. The minimum absolute atomic E-state index is 0. The van der Waals surface area contributed by atoms with E-state index in [1.54, 1.807) is 10.4 Å². The van der Waals surface area contributed by atoms with Crippen LogP contribution in [0, 0.1) is 31.9 Å². The summed E-state index contributed by atoms with van der Waals surface area (Å²) in [6, 6.07) is 27.9. The average Bonchev–Trinajstić information content (AvgIpc) is 3.04. The Balaban J connectivity index is -0.000000607. The number of aryl methyl sites for hydroxylation is 2. The molecule has 1 atom stereocenters. The normalized spacial score (nSPS) is 13.8. The molecule has 229 valence electrons. The van der Waals surface area contributed by atoms with Gasteiger partial charge in [-0.25, -0.2) is 5.57 Å². The van der Waals surface area contributed by atoms with E-state index in [1.807, 2.05) is 12.1 Å². The Labute approximate surface area is 296 Å². The third-order valence-electron chi connectivity index (χ3n) is 7.20. The molecule has 7 heteroatoms. The van der Waals surface area contributed by atoms with Gasteiger partial charge in [-0.1, -0.05) is 149 Å². The first-order valence-electron chi connectivity index (χ1n) is 13.9. The standard InChI is InChI=1S/C18H27Si3.C9H13.C8H9.3ClH.Ti/c1-20(2,3)17-11-7-15(8-12-17)19-16-9-13-18(14-10-16)21(4,5)6;1-6-5-7(2)9(4)8(6)3;1-7-4-3-5-8(2)6-7;;;;/h7-14,19H,1-6H3;6H,1-4H3;4-6H,1-2H3;3*1H;/q;2*-1;;;;+2. The molecule has 1 aliphatic carbocycles. The molecule has 1 radical (unpaired) electrons. The zero-order valence-electron chi connectivity index (χ0n) is 27.7. The maximum absolute atomic E-state index is 3.36. The fraction of sp³-hybridized carbons (Fsp3) is 0.371. The van der Waals surface area contributed by atoms with Crippen LogP contribution in [-0.4, -0.2) is 25.7 Å². The van der Waals surface area contributed by atoms with Gasteiger partial charge in [0.1, 0.15) is 9.52 Å². The van der Waals surface area contributed by atoms with E-state index in [1.165, 1.54) is 38.2 Å². The van der Waals surface area contributed by atoms with Gasteiger partial charge < -0.3 is 0 Å². The van der Waals surface area contributed by atoms with E-state index in [0.717, 1.165) is 0 Å². The van der Waals surface area contributed by atoms with Gasteiger partial charge in [0.25, 0.3) is 0 Å². The van der Waals surface area contributed by atoms with Gasteiger partial charge in [0.05, 0.1) is 16.1 Å². The van der Waals surface area contributed by atoms with E-state index < -0.39 is 16.1 Å². The van der Waals surface area contributed by atoms with E-state index >= 15 is 0 Å². The predicted octanol–water partition coefficient (Wildman–Crippen LogP) is 8.25. The number of hydrogen-bond acceptors (Lipinski definition) is 0. The number of halogens is 3. The van der Waals surface area contributed by atoms with Crippen molar-refractivity contribution in [3.8, 4) is 0 Å². The molecule has 0 aromatic heterocycles. The summed E-state index contributed by atoms with van der Waals surface area (Å²) < 4.78 is 0. The third kappa shape index (κ3) is 15.4. The molecule has 3 aromatic carbocycles. The van der Waals surface area contributed by atoms with Crippen molar-refractivity contribution < 1.29 is 21.7 Å². The fourth-order valence-electron chi connectivity index (χ4n) is 4.26. The first-order valence-corrected chi connectivity index (χ1v) is 22.0. The molecule has 0 saturated carbocycles. The van der Waals surface area contributed by atoms with Crippen LogP contribution in [0.25, 0.3) is 0 Å². The second-order valence-electron chi connectivity index (χ2n) is 12.8. The van der Waals surface area contributed by atoms with Crippen LogP contribution in [0.5, 0.6) is 0 Å². The Hall–Kier alpha value is -0.625. The minimum atomic E-state index is -1.16. The Morgan fingerprint density at radius 3 is 1.17 bits per heavy atom. The zero-order chi connectivity index (χ0) is 28.7. The van der Waals surface area contributed by atoms with Crippen molar-refractivity contribution in [1.29, 1.82) is 0 Å². The van der Waals surface area contributed by atoms with Gasteiger partial charge in [-0.05, 0) is 0 Å². The summed E-state index contributed by atoms with van der Waals surface area (Å²) in [5.74, 6) is 0.560. The predicted molar refractivity (Wildman–Crippen MR) is 202 cm³/mol. The van der Waals surface area contributed by atoms with Crippen LogP contribution < -0.4 is 20.7 Å². The van der Waals surface area contributed by atoms with Gasteiger partial charge in [0, 0.05) is 0 Å². The van der Waals surface area contributed by atoms with E-state index in [0.29, 0.717) is 5.92 Å². The average molecular weight is 711 g/mol. The van der Waals surface area contributed by atoms with Crippen molar-refractivity contribution in [1.82, 2.24) is 0 Å². The van der Waals surface area contributed by atoms with Crippen molar-refractivity contribution in [2.24, 2.45) is 5.92 Å². The summed E-state index contributed by atoms with van der Waals surface area (Å²) in [5.41, 5.74) is 6.81. The molecule has 4 rings (SSSR count). The first kappa shape index (κ1) is 45.8. The molecular weight excluding hydrogens is 659 g/mol. The van der Waals surface area contributed by atoms with Crippen molar-refractivity contribution >= 4 is 83.6 Å². The van der Waals surface area contributed by atoms with E-state index in [9.17, 15) is 0 Å². The van der Waals surface area contributed by atoms with E-state index in [2.05, 4.69) is 148 Å². The summed E-state index contributed by atoms with van der Waals surface area (Å²) >= 11 is 0. The van der Waals surface area contributed by atoms with E-state index in [4.69, 9.17) is 0 Å². The monoisotopic (exact) mass is 709 g/mol. The number of allylic oxidation sites excluding steroid dienone is 4. The molecule has 0 heterocycles. The topological polar surface area (TPSA) is 0 Å². The second-order valence-corrected chi connectivity index (χ2v) is 24.6. The smallest absolute Gasteiger partial charge is 0.266 e. The second kappa shape index (κ2) is 20.4. The number of benzene rings is 3. The molecule has 0 N–H and O–H groups in total. The van der Waals surface area contributed by atoms with Gasteiger partial charge in [0.15, 0.2) is 0 Å². The summed E-state index contributed by atoms with van der Waals surface area (Å²) in [7, 11) is -2.10. The minimum Gasteiger partial charge on any atom is -0.266 e. The Morgan fingerprint density at radius 1 is 0.619 bits per heavy atom. The van der Waals surface area contributed by atoms with Crippen molar-refractivity contribution in [2.45, 2.75) is 80.8 Å². The van der Waals surface area contributed by atoms with Crippen LogP contribution in [0.2, 0.25) is 39.3 Å². The molecule has 0 nitrogen and oxygen atoms in total. The molecule has 0 fully saturated rings. The Morgan fingerprint density at radius 2 is 0.976 bits per heavy atom. The van der Waals surface area contributed by atoms with Crippen LogP contribution >= 0.6 is 37.2 Å². The third-order valence-corrected chi connectivity index (χ3v) is 12.8. The van der Waals surface area contributed by atoms with Crippen LogP contribution in [0.15, 0.2) is 83.4 Å². The molecule has 0 saturated heterocycles. The maximum atomic E-state index is 3.36. The summed E-state index contributed by atoms with van der Waals surface area (Å²) in [4.78, 5) is 0. The quantitative estimate of drug-likeness (QED) is 0.189. The zero-order valence-corrected chi connectivity index (χ0v) is 34.9. The molecule has 0 aliphatic heterocycles. The van der Waals surface area contributed by atoms with Gasteiger partial charge in [-0.3, -0.25) is 6.08 Å². The molecule has 0 bridgehead atoms. The molecule has 1 unspecified atom stereocenters. The van der Waals surface area contributed by atoms with Crippen LogP contribution in [-0.2, 0) is 21.7 Å². The maximum Gasteiger partial charge on any atom is 2.00 e. The van der Waals surface area contributed by atoms with Gasteiger partial charge in [-0.2, -0.15) is 46.5 Å². The van der Waals surface area contributed by atoms with Gasteiger partial charge >= 0.3 is 21.7 Å². The first-order chi connectivity index (χ1) is 17.6. The molecule has 0 spiro atoms. The summed E-state index contributed by atoms with van der Waals surface area (Å²) in [5, 5.41) is 6.11. The van der Waals surface area contributed by atoms with Crippen molar-refractivity contribution in [3.05, 3.63) is 107 Å². The fourth-order valence-corrected chi connectivity index (χ4v) is 7.75. The van der Waals surface area contributed by atoms with Crippen LogP contribution in [0.3, 0.4) is 0 Å². The Kier molecular flexibility index (Phi) is 22.3. The molecule has 3 aromatic rings. The Bertz CT molecular complexity index is 1180. The van der Waals surface area contributed by atoms with Crippen molar-refractivity contribution in [2.75, 3.05) is 0 Å². The van der Waals surface area contributed by atoms with Crippen LogP contribution in [0.4, 0.5) is 0 Å². The molecular formula is C35H52Cl3Si3Ti. The van der Waals surface area contributed by atoms with Gasteiger partial charge in [0.2, 0.25) is 0 Å². The molecule has 1 aliphatic rings. The molecule has 0 amide bonds. The number of hydrogen-bond donors (Lipinski definition) is 0. The largest absolute Gasteiger partial charge is 2.00 e. The summed E-state index contributed by atoms with van der Waals surface area (Å²) in [6.45, 7) is 27.3. The van der Waals surface area contributed by atoms with E-state index in [-0.39, 0.29) is 68.5 Å². The number of rotatable bonds is 4. The van der Waals surface area contributed by atoms with Crippen molar-refractivity contribution in [3.63, 3.8) is 0 Å². The van der Waals surface area contributed by atoms with Crippen LogP contribution in [0.1, 0.15) is 38.8 Å². The van der Waals surface area contributed by atoms with Gasteiger partial charge in [-0.15, -0.1) is 44.1 Å². The summed E-state index contributed by atoms with van der Waals surface area (Å²) in [6.07, 6.45) is 3.36.